The Kier molecular flexibility index (Phi) is 4.57. The van der Waals surface area contributed by atoms with Gasteiger partial charge in [0.05, 0.1) is 30.6 Å². The van der Waals surface area contributed by atoms with E-state index in [2.05, 4.69) is 4.57 Å². The zero-order valence-corrected chi connectivity index (χ0v) is 15.7. The van der Waals surface area contributed by atoms with Crippen molar-refractivity contribution in [1.82, 2.24) is 0 Å². The van der Waals surface area contributed by atoms with Gasteiger partial charge in [0.2, 0.25) is 11.0 Å². The standard InChI is InChI=1S/C23H19NO4/c1-27-20-12-7-13-21(28-2)17(20)14-24-18-10-5-3-8-15(18)22(23(25)26)16-9-4-6-11-19(16)24/h3-13H,14H2,1-2H3/p+1. The van der Waals surface area contributed by atoms with Gasteiger partial charge >= 0.3 is 5.97 Å². The Morgan fingerprint density at radius 3 is 1.79 bits per heavy atom. The Morgan fingerprint density at radius 1 is 0.821 bits per heavy atom. The van der Waals surface area contributed by atoms with E-state index in [0.29, 0.717) is 22.9 Å². The number of ether oxygens (including phenoxy) is 2. The van der Waals surface area contributed by atoms with Crippen molar-refractivity contribution >= 4 is 27.8 Å². The number of carboxylic acids is 1. The number of rotatable bonds is 5. The summed E-state index contributed by atoms with van der Waals surface area (Å²) >= 11 is 0. The molecule has 4 aromatic rings. The Hall–Kier alpha value is -3.60. The summed E-state index contributed by atoms with van der Waals surface area (Å²) in [7, 11) is 3.26. The van der Waals surface area contributed by atoms with E-state index < -0.39 is 5.97 Å². The fourth-order valence-corrected chi connectivity index (χ4v) is 3.76. The first-order chi connectivity index (χ1) is 13.7. The van der Waals surface area contributed by atoms with Gasteiger partial charge < -0.3 is 14.6 Å². The van der Waals surface area contributed by atoms with E-state index in [1.807, 2.05) is 66.7 Å². The summed E-state index contributed by atoms with van der Waals surface area (Å²) in [6.07, 6.45) is 0. The van der Waals surface area contributed by atoms with Crippen LogP contribution in [0, 0.1) is 0 Å². The van der Waals surface area contributed by atoms with Gasteiger partial charge in [0.25, 0.3) is 0 Å². The molecule has 28 heavy (non-hydrogen) atoms. The molecule has 3 aromatic carbocycles. The third-order valence-corrected chi connectivity index (χ3v) is 4.99. The van der Waals surface area contributed by atoms with Gasteiger partial charge in [-0.2, -0.15) is 4.57 Å². The van der Waals surface area contributed by atoms with Crippen molar-refractivity contribution in [3.05, 3.63) is 77.9 Å². The second kappa shape index (κ2) is 7.19. The van der Waals surface area contributed by atoms with Crippen LogP contribution in [0.2, 0.25) is 0 Å². The van der Waals surface area contributed by atoms with Crippen molar-refractivity contribution in [2.24, 2.45) is 0 Å². The van der Waals surface area contributed by atoms with Gasteiger partial charge in [-0.1, -0.05) is 30.3 Å². The zero-order valence-electron chi connectivity index (χ0n) is 15.7. The van der Waals surface area contributed by atoms with Crippen molar-refractivity contribution in [3.8, 4) is 11.5 Å². The fraction of sp³-hybridized carbons (Fsp3) is 0.130. The number of hydrogen-bond acceptors (Lipinski definition) is 3. The number of nitrogens with zero attached hydrogens (tertiary/aromatic N) is 1. The van der Waals surface area contributed by atoms with Crippen molar-refractivity contribution < 1.29 is 23.9 Å². The summed E-state index contributed by atoms with van der Waals surface area (Å²) in [5.74, 6) is 0.513. The fourth-order valence-electron chi connectivity index (χ4n) is 3.76. The monoisotopic (exact) mass is 374 g/mol. The first kappa shape index (κ1) is 17.8. The predicted molar refractivity (Wildman–Crippen MR) is 107 cm³/mol. The molecule has 0 spiro atoms. The minimum atomic E-state index is -0.936. The van der Waals surface area contributed by atoms with Crippen LogP contribution >= 0.6 is 0 Å². The Balaban J connectivity index is 2.08. The van der Waals surface area contributed by atoms with E-state index in [9.17, 15) is 9.90 Å². The van der Waals surface area contributed by atoms with Crippen molar-refractivity contribution in [1.29, 1.82) is 0 Å². The lowest BCUT2D eigenvalue weighted by atomic mass is 10.0. The first-order valence-electron chi connectivity index (χ1n) is 8.92. The van der Waals surface area contributed by atoms with Crippen molar-refractivity contribution in [2.75, 3.05) is 14.2 Å². The van der Waals surface area contributed by atoms with E-state index in [4.69, 9.17) is 9.47 Å². The molecule has 0 radical (unpaired) electrons. The second-order valence-electron chi connectivity index (χ2n) is 6.44. The number of methoxy groups -OCH3 is 2. The van der Waals surface area contributed by atoms with Crippen LogP contribution in [0.25, 0.3) is 21.8 Å². The summed E-state index contributed by atoms with van der Waals surface area (Å²) in [6, 6.07) is 20.8. The molecule has 4 rings (SSSR count). The highest BCUT2D eigenvalue weighted by Crippen LogP contribution is 2.30. The van der Waals surface area contributed by atoms with Crippen molar-refractivity contribution in [3.63, 3.8) is 0 Å². The maximum atomic E-state index is 12.1. The molecule has 0 saturated carbocycles. The molecule has 5 nitrogen and oxygen atoms in total. The lowest BCUT2D eigenvalue weighted by Crippen LogP contribution is -2.37. The van der Waals surface area contributed by atoms with Crippen LogP contribution in [0.4, 0.5) is 0 Å². The van der Waals surface area contributed by atoms with Gasteiger partial charge in [-0.25, -0.2) is 4.79 Å². The molecule has 140 valence electrons. The Labute approximate surface area is 162 Å². The topological polar surface area (TPSA) is 59.6 Å². The smallest absolute Gasteiger partial charge is 0.337 e. The molecule has 0 atom stereocenters. The second-order valence-corrected chi connectivity index (χ2v) is 6.44. The molecule has 0 unspecified atom stereocenters. The summed E-state index contributed by atoms with van der Waals surface area (Å²) in [6.45, 7) is 0.480. The average molecular weight is 374 g/mol. The quantitative estimate of drug-likeness (QED) is 0.423. The lowest BCUT2D eigenvalue weighted by Gasteiger charge is -2.13. The van der Waals surface area contributed by atoms with Gasteiger partial charge in [0.15, 0.2) is 6.54 Å². The molecule has 0 aliphatic carbocycles. The van der Waals surface area contributed by atoms with E-state index in [-0.39, 0.29) is 0 Å². The lowest BCUT2D eigenvalue weighted by molar-refractivity contribution is -0.636. The molecule has 1 N–H and O–H groups in total. The molecule has 0 aliphatic rings. The number of aromatic nitrogens is 1. The maximum Gasteiger partial charge on any atom is 0.337 e. The number of hydrogen-bond donors (Lipinski definition) is 1. The summed E-state index contributed by atoms with van der Waals surface area (Å²) in [5, 5.41) is 11.3. The van der Waals surface area contributed by atoms with Gasteiger partial charge in [-0.3, -0.25) is 0 Å². The molecule has 0 bridgehead atoms. The minimum absolute atomic E-state index is 0.314. The normalized spacial score (nSPS) is 10.9. The van der Waals surface area contributed by atoms with E-state index >= 15 is 0 Å². The molecule has 0 amide bonds. The highest BCUT2D eigenvalue weighted by atomic mass is 16.5. The van der Waals surface area contributed by atoms with E-state index in [1.165, 1.54) is 0 Å². The summed E-state index contributed by atoms with van der Waals surface area (Å²) in [4.78, 5) is 12.1. The van der Waals surface area contributed by atoms with E-state index in [1.54, 1.807) is 14.2 Å². The summed E-state index contributed by atoms with van der Waals surface area (Å²) < 4.78 is 13.2. The van der Waals surface area contributed by atoms with Crippen molar-refractivity contribution in [2.45, 2.75) is 6.54 Å². The molecule has 1 heterocycles. The Bertz CT molecular complexity index is 1120. The molecular weight excluding hydrogens is 354 g/mol. The molecular formula is C23H20NO4+. The van der Waals surface area contributed by atoms with Crippen LogP contribution < -0.4 is 14.0 Å². The van der Waals surface area contributed by atoms with Crippen LogP contribution in [0.15, 0.2) is 66.7 Å². The first-order valence-corrected chi connectivity index (χ1v) is 8.92. The van der Waals surface area contributed by atoms with Gasteiger partial charge in [-0.05, 0) is 24.3 Å². The number of benzene rings is 3. The highest BCUT2D eigenvalue weighted by Gasteiger charge is 2.25. The molecule has 0 saturated heterocycles. The number of carbonyl (C=O) groups is 1. The summed E-state index contributed by atoms with van der Waals surface area (Å²) in [5.41, 5.74) is 2.89. The number of fused-ring (bicyclic) bond motifs is 2. The third-order valence-electron chi connectivity index (χ3n) is 4.99. The van der Waals surface area contributed by atoms with Crippen LogP contribution in [-0.4, -0.2) is 25.3 Å². The van der Waals surface area contributed by atoms with Gasteiger partial charge in [0, 0.05) is 12.1 Å². The van der Waals surface area contributed by atoms with Crippen LogP contribution in [0.5, 0.6) is 11.5 Å². The van der Waals surface area contributed by atoms with Crippen LogP contribution in [0.3, 0.4) is 0 Å². The Morgan fingerprint density at radius 2 is 1.32 bits per heavy atom. The molecule has 1 aromatic heterocycles. The van der Waals surface area contributed by atoms with Crippen LogP contribution in [0.1, 0.15) is 15.9 Å². The zero-order chi connectivity index (χ0) is 19.7. The number of carboxylic acid groups (broad SMARTS) is 1. The molecule has 0 fully saturated rings. The third kappa shape index (κ3) is 2.81. The molecule has 5 heteroatoms. The minimum Gasteiger partial charge on any atom is -0.496 e. The van der Waals surface area contributed by atoms with Gasteiger partial charge in [-0.15, -0.1) is 0 Å². The average Bonchev–Trinajstić information content (AvgIpc) is 2.73. The molecule has 0 aliphatic heterocycles. The van der Waals surface area contributed by atoms with Crippen LogP contribution in [-0.2, 0) is 6.54 Å². The maximum absolute atomic E-state index is 12.1. The predicted octanol–water partition coefficient (Wildman–Crippen LogP) is 4.04. The largest absolute Gasteiger partial charge is 0.496 e. The SMILES string of the molecule is COc1cccc(OC)c1C[n+]1c2ccccc2c(C(=O)O)c2ccccc21. The van der Waals surface area contributed by atoms with E-state index in [0.717, 1.165) is 28.1 Å². The van der Waals surface area contributed by atoms with Gasteiger partial charge in [0.1, 0.15) is 17.1 Å². The number of para-hydroxylation sites is 2. The number of pyridine rings is 1. The number of aromatic carboxylic acids is 1. The highest BCUT2D eigenvalue weighted by molar-refractivity contribution is 6.12.